The average molecular weight is 274 g/mol. The van der Waals surface area contributed by atoms with Gasteiger partial charge in [-0.05, 0) is 36.1 Å². The van der Waals surface area contributed by atoms with Gasteiger partial charge in [0, 0.05) is 5.69 Å². The summed E-state index contributed by atoms with van der Waals surface area (Å²) in [5, 5.41) is 7.13. The first kappa shape index (κ1) is 13.3. The van der Waals surface area contributed by atoms with Gasteiger partial charge in [-0.1, -0.05) is 18.2 Å². The van der Waals surface area contributed by atoms with Crippen molar-refractivity contribution >= 4 is 28.8 Å². The predicted molar refractivity (Wildman–Crippen MR) is 76.5 cm³/mol. The number of benzene rings is 1. The highest BCUT2D eigenvalue weighted by Crippen LogP contribution is 2.09. The number of carbonyl (C=O) groups excluding carboxylic acids is 2. The lowest BCUT2D eigenvalue weighted by atomic mass is 10.2. The van der Waals surface area contributed by atoms with Crippen LogP contribution in [0.1, 0.15) is 15.2 Å². The van der Waals surface area contributed by atoms with E-state index < -0.39 is 0 Å². The van der Waals surface area contributed by atoms with Gasteiger partial charge >= 0.3 is 0 Å². The van der Waals surface area contributed by atoms with Crippen LogP contribution in [0.5, 0.6) is 0 Å². The Bertz CT molecular complexity index is 579. The van der Waals surface area contributed by atoms with Crippen molar-refractivity contribution < 1.29 is 9.59 Å². The maximum Gasteiger partial charge on any atom is 0.261 e. The van der Waals surface area contributed by atoms with Crippen LogP contribution in [0, 0.1) is 6.92 Å². The van der Waals surface area contributed by atoms with Gasteiger partial charge in [-0.2, -0.15) is 0 Å². The van der Waals surface area contributed by atoms with Gasteiger partial charge in [-0.3, -0.25) is 9.59 Å². The van der Waals surface area contributed by atoms with Gasteiger partial charge in [-0.15, -0.1) is 11.3 Å². The molecule has 1 aromatic heterocycles. The highest BCUT2D eigenvalue weighted by molar-refractivity contribution is 7.12. The standard InChI is InChI=1S/C14H14N2O2S/c1-10-4-2-5-11(8-10)16-13(17)9-15-14(18)12-6-3-7-19-12/h2-8H,9H2,1H3,(H,15,18)(H,16,17). The lowest BCUT2D eigenvalue weighted by molar-refractivity contribution is -0.115. The zero-order chi connectivity index (χ0) is 13.7. The smallest absolute Gasteiger partial charge is 0.261 e. The molecule has 19 heavy (non-hydrogen) atoms. The Morgan fingerprint density at radius 3 is 2.74 bits per heavy atom. The molecule has 2 aromatic rings. The van der Waals surface area contributed by atoms with E-state index in [1.54, 1.807) is 12.1 Å². The summed E-state index contributed by atoms with van der Waals surface area (Å²) in [6.07, 6.45) is 0. The van der Waals surface area contributed by atoms with Crippen molar-refractivity contribution in [1.82, 2.24) is 5.32 Å². The summed E-state index contributed by atoms with van der Waals surface area (Å²) in [5.74, 6) is -0.468. The summed E-state index contributed by atoms with van der Waals surface area (Å²) < 4.78 is 0. The molecule has 1 aromatic carbocycles. The van der Waals surface area contributed by atoms with E-state index >= 15 is 0 Å². The third-order valence-corrected chi connectivity index (χ3v) is 3.32. The Balaban J connectivity index is 1.83. The molecule has 2 N–H and O–H groups in total. The summed E-state index contributed by atoms with van der Waals surface area (Å²) in [6.45, 7) is 1.92. The molecule has 2 rings (SSSR count). The zero-order valence-electron chi connectivity index (χ0n) is 10.5. The van der Waals surface area contributed by atoms with Crippen molar-refractivity contribution in [2.75, 3.05) is 11.9 Å². The quantitative estimate of drug-likeness (QED) is 0.899. The molecule has 0 saturated heterocycles. The molecule has 2 amide bonds. The van der Waals surface area contributed by atoms with Crippen molar-refractivity contribution in [2.24, 2.45) is 0 Å². The topological polar surface area (TPSA) is 58.2 Å². The number of carbonyl (C=O) groups is 2. The molecule has 0 radical (unpaired) electrons. The van der Waals surface area contributed by atoms with Crippen LogP contribution in [-0.4, -0.2) is 18.4 Å². The fraction of sp³-hybridized carbons (Fsp3) is 0.143. The SMILES string of the molecule is Cc1cccc(NC(=O)CNC(=O)c2cccs2)c1. The van der Waals surface area contributed by atoms with Gasteiger partial charge in [0.25, 0.3) is 5.91 Å². The van der Waals surface area contributed by atoms with Crippen LogP contribution in [0.2, 0.25) is 0 Å². The number of hydrogen-bond donors (Lipinski definition) is 2. The first-order chi connectivity index (χ1) is 9.15. The van der Waals surface area contributed by atoms with Crippen LogP contribution in [0.4, 0.5) is 5.69 Å². The van der Waals surface area contributed by atoms with Gasteiger partial charge in [-0.25, -0.2) is 0 Å². The van der Waals surface area contributed by atoms with Crippen molar-refractivity contribution in [3.8, 4) is 0 Å². The molecule has 0 fully saturated rings. The fourth-order valence-corrected chi connectivity index (χ4v) is 2.22. The predicted octanol–water partition coefficient (Wildman–Crippen LogP) is 2.43. The second kappa shape index (κ2) is 6.15. The molecule has 98 valence electrons. The molecule has 0 bridgehead atoms. The number of amides is 2. The molecule has 0 unspecified atom stereocenters. The summed E-state index contributed by atoms with van der Waals surface area (Å²) >= 11 is 1.34. The molecular weight excluding hydrogens is 260 g/mol. The van der Waals surface area contributed by atoms with E-state index in [1.807, 2.05) is 36.6 Å². The fourth-order valence-electron chi connectivity index (χ4n) is 1.58. The molecule has 0 aliphatic carbocycles. The lowest BCUT2D eigenvalue weighted by Gasteiger charge is -2.06. The molecule has 5 heteroatoms. The number of rotatable bonds is 4. The molecule has 0 saturated carbocycles. The molecule has 0 atom stereocenters. The van der Waals surface area contributed by atoms with E-state index in [9.17, 15) is 9.59 Å². The Morgan fingerprint density at radius 1 is 1.21 bits per heavy atom. The highest BCUT2D eigenvalue weighted by atomic mass is 32.1. The van der Waals surface area contributed by atoms with Crippen LogP contribution in [-0.2, 0) is 4.79 Å². The van der Waals surface area contributed by atoms with Gasteiger partial charge in [0.1, 0.15) is 0 Å². The number of thiophene rings is 1. The number of anilines is 1. The maximum absolute atomic E-state index is 11.7. The van der Waals surface area contributed by atoms with Gasteiger partial charge in [0.2, 0.25) is 5.91 Å². The van der Waals surface area contributed by atoms with E-state index in [4.69, 9.17) is 0 Å². The normalized spacial score (nSPS) is 9.95. The van der Waals surface area contributed by atoms with Crippen LogP contribution in [0.15, 0.2) is 41.8 Å². The van der Waals surface area contributed by atoms with Crippen LogP contribution in [0.25, 0.3) is 0 Å². The second-order valence-corrected chi connectivity index (χ2v) is 5.03. The largest absolute Gasteiger partial charge is 0.342 e. The second-order valence-electron chi connectivity index (χ2n) is 4.08. The Kier molecular flexibility index (Phi) is 4.30. The van der Waals surface area contributed by atoms with E-state index in [1.165, 1.54) is 11.3 Å². The minimum absolute atomic E-state index is 0.0370. The molecule has 0 aliphatic heterocycles. The monoisotopic (exact) mass is 274 g/mol. The summed E-state index contributed by atoms with van der Waals surface area (Å²) in [7, 11) is 0. The van der Waals surface area contributed by atoms with Gasteiger partial charge in [0.15, 0.2) is 0 Å². The van der Waals surface area contributed by atoms with E-state index in [0.29, 0.717) is 4.88 Å². The van der Waals surface area contributed by atoms with Gasteiger partial charge in [0.05, 0.1) is 11.4 Å². The summed E-state index contributed by atoms with van der Waals surface area (Å²) in [6, 6.07) is 11.0. The van der Waals surface area contributed by atoms with Crippen molar-refractivity contribution in [1.29, 1.82) is 0 Å². The minimum atomic E-state index is -0.240. The summed E-state index contributed by atoms with van der Waals surface area (Å²) in [5.41, 5.74) is 1.80. The number of nitrogens with one attached hydrogen (secondary N) is 2. The van der Waals surface area contributed by atoms with E-state index in [-0.39, 0.29) is 18.4 Å². The molecular formula is C14H14N2O2S. The highest BCUT2D eigenvalue weighted by Gasteiger charge is 2.08. The Hall–Kier alpha value is -2.14. The maximum atomic E-state index is 11.7. The first-order valence-electron chi connectivity index (χ1n) is 5.83. The van der Waals surface area contributed by atoms with Crippen LogP contribution in [0.3, 0.4) is 0 Å². The van der Waals surface area contributed by atoms with Crippen molar-refractivity contribution in [3.63, 3.8) is 0 Å². The molecule has 0 aliphatic rings. The Labute approximate surface area is 115 Å². The summed E-state index contributed by atoms with van der Waals surface area (Å²) in [4.78, 5) is 23.9. The molecule has 1 heterocycles. The van der Waals surface area contributed by atoms with Crippen LogP contribution >= 0.6 is 11.3 Å². The van der Waals surface area contributed by atoms with Crippen molar-refractivity contribution in [3.05, 3.63) is 52.2 Å². The van der Waals surface area contributed by atoms with Crippen LogP contribution < -0.4 is 10.6 Å². The third-order valence-electron chi connectivity index (χ3n) is 2.46. The lowest BCUT2D eigenvalue weighted by Crippen LogP contribution is -2.32. The van der Waals surface area contributed by atoms with Crippen molar-refractivity contribution in [2.45, 2.75) is 6.92 Å². The minimum Gasteiger partial charge on any atom is -0.342 e. The zero-order valence-corrected chi connectivity index (χ0v) is 11.3. The Morgan fingerprint density at radius 2 is 2.05 bits per heavy atom. The molecule has 0 spiro atoms. The van der Waals surface area contributed by atoms with E-state index in [0.717, 1.165) is 11.3 Å². The number of aryl methyl sites for hydroxylation is 1. The number of hydrogen-bond acceptors (Lipinski definition) is 3. The first-order valence-corrected chi connectivity index (χ1v) is 6.71. The molecule has 4 nitrogen and oxygen atoms in total. The van der Waals surface area contributed by atoms with Gasteiger partial charge < -0.3 is 10.6 Å². The third kappa shape index (κ3) is 3.93. The average Bonchev–Trinajstić information content (AvgIpc) is 2.90. The van der Waals surface area contributed by atoms with E-state index in [2.05, 4.69) is 10.6 Å².